The molecule has 0 fully saturated rings. The zero-order valence-electron chi connectivity index (χ0n) is 44.0. The molecule has 18 rings (SSSR count). The number of hydrogen-bond acceptors (Lipinski definition) is 1. The molecule has 1 unspecified atom stereocenters. The molecule has 0 radical (unpaired) electrons. The smallest absolute Gasteiger partial charge is 0.0746 e. The van der Waals surface area contributed by atoms with E-state index in [-0.39, 0.29) is 0 Å². The van der Waals surface area contributed by atoms with Crippen LogP contribution in [0.2, 0.25) is 0 Å². The Morgan fingerprint density at radius 1 is 0.259 bits per heavy atom. The molecule has 3 aromatic heterocycles. The Labute approximate surface area is 467 Å². The van der Waals surface area contributed by atoms with Gasteiger partial charge in [0.25, 0.3) is 0 Å². The summed E-state index contributed by atoms with van der Waals surface area (Å²) < 4.78 is 7.36. The van der Waals surface area contributed by atoms with Gasteiger partial charge in [0.2, 0.25) is 0 Å². The molecule has 81 heavy (non-hydrogen) atoms. The Kier molecular flexibility index (Phi) is 9.12. The predicted octanol–water partition coefficient (Wildman–Crippen LogP) is 19.9. The van der Waals surface area contributed by atoms with Crippen LogP contribution in [0.3, 0.4) is 0 Å². The third-order valence-electron chi connectivity index (χ3n) is 18.0. The summed E-state index contributed by atoms with van der Waals surface area (Å²) in [5.41, 5.74) is 23.3. The molecule has 1 spiro atoms. The minimum absolute atomic E-state index is 0.634. The van der Waals surface area contributed by atoms with Crippen LogP contribution in [0.5, 0.6) is 0 Å². The van der Waals surface area contributed by atoms with Crippen molar-refractivity contribution in [3.63, 3.8) is 0 Å². The van der Waals surface area contributed by atoms with E-state index in [1.54, 1.807) is 0 Å². The van der Waals surface area contributed by atoms with Gasteiger partial charge in [0.15, 0.2) is 0 Å². The van der Waals surface area contributed by atoms with Gasteiger partial charge in [-0.25, -0.2) is 0 Å². The highest BCUT2D eigenvalue weighted by atomic mass is 15.2. The second-order valence-corrected chi connectivity index (χ2v) is 21.9. The lowest BCUT2D eigenvalue weighted by atomic mass is 9.69. The maximum Gasteiger partial charge on any atom is 0.0746 e. The van der Waals surface area contributed by atoms with Crippen molar-refractivity contribution in [1.82, 2.24) is 13.7 Å². The van der Waals surface area contributed by atoms with E-state index in [4.69, 9.17) is 0 Å². The minimum atomic E-state index is -0.634. The molecule has 3 heterocycles. The lowest BCUT2D eigenvalue weighted by Gasteiger charge is -2.36. The topological polar surface area (TPSA) is 18.0 Å². The van der Waals surface area contributed by atoms with E-state index in [0.29, 0.717) is 0 Å². The molecule has 0 bridgehead atoms. The fraction of sp³-hybridized carbons (Fsp3) is 0.0130. The van der Waals surface area contributed by atoms with E-state index in [1.165, 1.54) is 104 Å². The zero-order valence-corrected chi connectivity index (χ0v) is 44.0. The number of hydrogen-bond donors (Lipinski definition) is 0. The van der Waals surface area contributed by atoms with Crippen LogP contribution < -0.4 is 4.90 Å². The molecule has 0 amide bonds. The summed E-state index contributed by atoms with van der Waals surface area (Å²) in [5.74, 6) is 0. The molecule has 0 aliphatic heterocycles. The van der Waals surface area contributed by atoms with E-state index < -0.39 is 5.41 Å². The van der Waals surface area contributed by atoms with Crippen LogP contribution in [0.1, 0.15) is 22.3 Å². The van der Waals surface area contributed by atoms with Gasteiger partial charge in [0.05, 0.1) is 44.2 Å². The summed E-state index contributed by atoms with van der Waals surface area (Å²) >= 11 is 0. The first-order chi connectivity index (χ1) is 40.2. The highest BCUT2D eigenvalue weighted by Gasteiger charge is 2.53. The standard InChI is InChI=1S/C77H48N4/c1-3-21-50(22-4-1)79-68-34-16-11-27-57(68)60-42-39-52(46-72(60)79)78(71-37-19-31-63-56-26-9-14-32-65(56)77(76(63)71)66-33-15-10-30-64(66)75-55-25-8-7-20-49(55)38-45-67(75)77)53-40-43-62-59-29-13-18-36-70(59)81(74(62)47-53)54-41-44-61-58-28-12-17-35-69(58)80(73(61)48-54)51-23-5-2-6-24-51/h1-48H. The molecular formula is C77H48N4. The normalized spacial score (nSPS) is 14.2. The van der Waals surface area contributed by atoms with Crippen LogP contribution in [0, 0.1) is 0 Å². The van der Waals surface area contributed by atoms with Crippen LogP contribution in [-0.2, 0) is 5.41 Å². The van der Waals surface area contributed by atoms with Crippen molar-refractivity contribution in [3.8, 4) is 39.3 Å². The van der Waals surface area contributed by atoms with E-state index in [0.717, 1.165) is 50.7 Å². The number of benzene rings is 13. The molecule has 2 aliphatic rings. The van der Waals surface area contributed by atoms with Crippen molar-refractivity contribution < 1.29 is 0 Å². The Hall–Kier alpha value is -10.7. The van der Waals surface area contributed by atoms with Gasteiger partial charge in [-0.3, -0.25) is 0 Å². The first kappa shape index (κ1) is 44.3. The first-order valence-corrected chi connectivity index (χ1v) is 28.1. The molecule has 0 saturated carbocycles. The van der Waals surface area contributed by atoms with Crippen molar-refractivity contribution >= 4 is 93.3 Å². The molecule has 4 nitrogen and oxygen atoms in total. The average molecular weight is 1030 g/mol. The van der Waals surface area contributed by atoms with Crippen molar-refractivity contribution in [1.29, 1.82) is 0 Å². The Balaban J connectivity index is 0.951. The fourth-order valence-electron chi connectivity index (χ4n) is 14.8. The molecule has 16 aromatic rings. The third kappa shape index (κ3) is 5.97. The first-order valence-electron chi connectivity index (χ1n) is 28.1. The molecule has 376 valence electrons. The van der Waals surface area contributed by atoms with E-state index in [9.17, 15) is 0 Å². The van der Waals surface area contributed by atoms with Gasteiger partial charge in [-0.15, -0.1) is 0 Å². The summed E-state index contributed by atoms with van der Waals surface area (Å²) in [4.78, 5) is 2.58. The van der Waals surface area contributed by atoms with Gasteiger partial charge in [-0.05, 0) is 135 Å². The number of para-hydroxylation sites is 5. The Morgan fingerprint density at radius 2 is 0.704 bits per heavy atom. The van der Waals surface area contributed by atoms with E-state index in [2.05, 4.69) is 310 Å². The highest BCUT2D eigenvalue weighted by molar-refractivity contribution is 6.15. The summed E-state index contributed by atoms with van der Waals surface area (Å²) in [6, 6.07) is 109. The van der Waals surface area contributed by atoms with Crippen molar-refractivity contribution in [2.45, 2.75) is 5.41 Å². The molecule has 1 atom stereocenters. The SMILES string of the molecule is c1ccc(-n2c3ccccc3c3ccc(N(c4ccc5c6ccccc6n(-c6ccc7c8ccccc8n(-c8ccccc8)c7c6)c5c4)c4cccc5c4C4(c6ccccc6-5)c5ccccc5-c5c4ccc4ccccc54)cc32)cc1. The molecule has 13 aromatic carbocycles. The van der Waals surface area contributed by atoms with Crippen LogP contribution in [-0.4, -0.2) is 13.7 Å². The monoisotopic (exact) mass is 1030 g/mol. The van der Waals surface area contributed by atoms with Crippen LogP contribution >= 0.6 is 0 Å². The van der Waals surface area contributed by atoms with E-state index in [1.807, 2.05) is 0 Å². The van der Waals surface area contributed by atoms with E-state index >= 15 is 0 Å². The fourth-order valence-corrected chi connectivity index (χ4v) is 14.8. The largest absolute Gasteiger partial charge is 0.310 e. The molecule has 2 aliphatic carbocycles. The molecule has 4 heteroatoms. The molecular weight excluding hydrogens is 981 g/mol. The summed E-state index contributed by atoms with van der Waals surface area (Å²) in [7, 11) is 0. The van der Waals surface area contributed by atoms with Gasteiger partial charge in [0, 0.05) is 66.3 Å². The Morgan fingerprint density at radius 3 is 1.31 bits per heavy atom. The summed E-state index contributed by atoms with van der Waals surface area (Å²) in [5, 5.41) is 9.84. The van der Waals surface area contributed by atoms with Crippen molar-refractivity contribution in [2.75, 3.05) is 4.90 Å². The average Bonchev–Trinajstić information content (AvgIpc) is 3.23. The van der Waals surface area contributed by atoms with Gasteiger partial charge >= 0.3 is 0 Å². The number of aromatic nitrogens is 3. The molecule has 0 N–H and O–H groups in total. The van der Waals surface area contributed by atoms with Crippen LogP contribution in [0.25, 0.3) is 116 Å². The lowest BCUT2D eigenvalue weighted by molar-refractivity contribution is 0.793. The van der Waals surface area contributed by atoms with Gasteiger partial charge in [0.1, 0.15) is 0 Å². The lowest BCUT2D eigenvalue weighted by Crippen LogP contribution is -2.28. The number of anilines is 3. The summed E-state index contributed by atoms with van der Waals surface area (Å²) in [6.07, 6.45) is 0. The van der Waals surface area contributed by atoms with Crippen LogP contribution in [0.4, 0.5) is 17.1 Å². The second-order valence-electron chi connectivity index (χ2n) is 21.9. The van der Waals surface area contributed by atoms with Crippen molar-refractivity contribution in [3.05, 3.63) is 313 Å². The second kappa shape index (κ2) is 16.7. The maximum atomic E-state index is 2.58. The van der Waals surface area contributed by atoms with Gasteiger partial charge < -0.3 is 18.6 Å². The third-order valence-corrected chi connectivity index (χ3v) is 18.0. The van der Waals surface area contributed by atoms with Gasteiger partial charge in [-0.2, -0.15) is 0 Å². The van der Waals surface area contributed by atoms with Crippen molar-refractivity contribution in [2.24, 2.45) is 0 Å². The number of rotatable bonds is 6. The zero-order chi connectivity index (χ0) is 52.9. The molecule has 0 saturated heterocycles. The predicted molar refractivity (Wildman–Crippen MR) is 338 cm³/mol. The highest BCUT2D eigenvalue weighted by Crippen LogP contribution is 2.66. The van der Waals surface area contributed by atoms with Crippen LogP contribution in [0.15, 0.2) is 291 Å². The Bertz CT molecular complexity index is 5310. The number of fused-ring (bicyclic) bond motifs is 21. The maximum absolute atomic E-state index is 2.58. The number of nitrogens with zero attached hydrogens (tertiary/aromatic N) is 4. The summed E-state index contributed by atoms with van der Waals surface area (Å²) in [6.45, 7) is 0. The quantitative estimate of drug-likeness (QED) is 0.162. The minimum Gasteiger partial charge on any atom is -0.310 e. The van der Waals surface area contributed by atoms with Gasteiger partial charge in [-0.1, -0.05) is 206 Å².